The van der Waals surface area contributed by atoms with Gasteiger partial charge in [0.15, 0.2) is 0 Å². The average Bonchev–Trinajstić information content (AvgIpc) is 2.27. The Labute approximate surface area is 84.7 Å². The fourth-order valence-corrected chi connectivity index (χ4v) is 1.63. The van der Waals surface area contributed by atoms with E-state index in [2.05, 4.69) is 6.92 Å². The minimum Gasteiger partial charge on any atom is -0.302 e. The normalized spacial score (nSPS) is 25.6. The fraction of sp³-hybridized carbons (Fsp3) is 0.500. The fourth-order valence-electron chi connectivity index (χ4n) is 1.63. The second-order valence-corrected chi connectivity index (χ2v) is 3.81. The molecule has 1 aliphatic carbocycles. The quantitative estimate of drug-likeness (QED) is 0.627. The Hall–Kier alpha value is -1.18. The molecule has 0 saturated carbocycles. The third kappa shape index (κ3) is 2.41. The summed E-state index contributed by atoms with van der Waals surface area (Å²) in [5.41, 5.74) is 0.335. The zero-order chi connectivity index (χ0) is 10.4. The second kappa shape index (κ2) is 4.89. The van der Waals surface area contributed by atoms with Crippen LogP contribution in [0.3, 0.4) is 0 Å². The molecule has 1 aliphatic rings. The minimum atomic E-state index is -0.345. The first-order chi connectivity index (χ1) is 6.76. The largest absolute Gasteiger partial charge is 0.302 e. The molecule has 0 amide bonds. The standard InChI is InChI=1S/C12H16O2/c1-2-3-6-12(10-14)7-4-11(9-13)5-8-12/h4-5,7,9-10H,2-3,6,8H2,1H3. The van der Waals surface area contributed by atoms with Crippen molar-refractivity contribution >= 4 is 12.6 Å². The molecular weight excluding hydrogens is 176 g/mol. The Kier molecular flexibility index (Phi) is 3.81. The first kappa shape index (κ1) is 10.9. The van der Waals surface area contributed by atoms with E-state index in [1.165, 1.54) is 0 Å². The third-order valence-electron chi connectivity index (χ3n) is 2.69. The van der Waals surface area contributed by atoms with E-state index in [1.807, 2.05) is 12.2 Å². The summed E-state index contributed by atoms with van der Waals surface area (Å²) in [6.07, 6.45) is 11.0. The van der Waals surface area contributed by atoms with Crippen LogP contribution < -0.4 is 0 Å². The molecule has 0 N–H and O–H groups in total. The molecule has 2 heteroatoms. The highest BCUT2D eigenvalue weighted by Gasteiger charge is 2.26. The molecule has 1 atom stereocenters. The maximum atomic E-state index is 11.0. The van der Waals surface area contributed by atoms with Crippen LogP contribution in [0.25, 0.3) is 0 Å². The van der Waals surface area contributed by atoms with E-state index < -0.39 is 0 Å². The van der Waals surface area contributed by atoms with Gasteiger partial charge in [0.05, 0.1) is 0 Å². The lowest BCUT2D eigenvalue weighted by Crippen LogP contribution is -2.21. The number of hydrogen-bond acceptors (Lipinski definition) is 2. The van der Waals surface area contributed by atoms with E-state index in [0.717, 1.165) is 31.8 Å². The predicted octanol–water partition coefficient (Wildman–Crippen LogP) is 2.45. The van der Waals surface area contributed by atoms with Crippen LogP contribution in [-0.2, 0) is 9.59 Å². The Morgan fingerprint density at radius 2 is 2.29 bits per heavy atom. The van der Waals surface area contributed by atoms with Gasteiger partial charge in [-0.1, -0.05) is 38.0 Å². The third-order valence-corrected chi connectivity index (χ3v) is 2.69. The van der Waals surface area contributed by atoms with Gasteiger partial charge in [0.25, 0.3) is 0 Å². The molecule has 0 aromatic rings. The monoisotopic (exact) mass is 192 g/mol. The molecule has 0 spiro atoms. The van der Waals surface area contributed by atoms with Crippen molar-refractivity contribution in [2.45, 2.75) is 32.6 Å². The van der Waals surface area contributed by atoms with Crippen molar-refractivity contribution in [3.8, 4) is 0 Å². The summed E-state index contributed by atoms with van der Waals surface area (Å²) in [6, 6.07) is 0. The molecule has 2 nitrogen and oxygen atoms in total. The molecule has 0 fully saturated rings. The summed E-state index contributed by atoms with van der Waals surface area (Å²) >= 11 is 0. The van der Waals surface area contributed by atoms with Gasteiger partial charge in [-0.2, -0.15) is 0 Å². The molecule has 1 rings (SSSR count). The van der Waals surface area contributed by atoms with E-state index in [1.54, 1.807) is 6.08 Å². The molecule has 0 saturated heterocycles. The van der Waals surface area contributed by atoms with Gasteiger partial charge in [-0.3, -0.25) is 4.79 Å². The van der Waals surface area contributed by atoms with Crippen LogP contribution in [0, 0.1) is 5.41 Å². The first-order valence-corrected chi connectivity index (χ1v) is 5.07. The predicted molar refractivity (Wildman–Crippen MR) is 55.9 cm³/mol. The number of aldehydes is 2. The smallest absolute Gasteiger partial charge is 0.149 e. The lowest BCUT2D eigenvalue weighted by atomic mass is 9.77. The van der Waals surface area contributed by atoms with Crippen molar-refractivity contribution in [2.75, 3.05) is 0 Å². The van der Waals surface area contributed by atoms with Crippen LogP contribution in [-0.4, -0.2) is 12.6 Å². The average molecular weight is 192 g/mol. The molecule has 0 bridgehead atoms. The number of rotatable bonds is 5. The van der Waals surface area contributed by atoms with Gasteiger partial charge < -0.3 is 4.79 Å². The van der Waals surface area contributed by atoms with E-state index in [-0.39, 0.29) is 5.41 Å². The van der Waals surface area contributed by atoms with Crippen LogP contribution in [0.2, 0.25) is 0 Å². The van der Waals surface area contributed by atoms with Gasteiger partial charge in [-0.05, 0) is 12.8 Å². The zero-order valence-corrected chi connectivity index (χ0v) is 8.53. The Morgan fingerprint density at radius 3 is 2.71 bits per heavy atom. The van der Waals surface area contributed by atoms with E-state index in [9.17, 15) is 9.59 Å². The van der Waals surface area contributed by atoms with Crippen molar-refractivity contribution in [1.29, 1.82) is 0 Å². The van der Waals surface area contributed by atoms with Crippen LogP contribution in [0.4, 0.5) is 0 Å². The van der Waals surface area contributed by atoms with Crippen molar-refractivity contribution < 1.29 is 9.59 Å². The molecular formula is C12H16O2. The number of carbonyl (C=O) groups is 2. The summed E-state index contributed by atoms with van der Waals surface area (Å²) in [7, 11) is 0. The van der Waals surface area contributed by atoms with E-state index in [0.29, 0.717) is 12.0 Å². The molecule has 0 radical (unpaired) electrons. The SMILES string of the molecule is CCCCC1(C=O)C=CC(C=O)=CC1. The number of allylic oxidation sites excluding steroid dienone is 4. The van der Waals surface area contributed by atoms with Gasteiger partial charge in [-0.15, -0.1) is 0 Å². The number of carbonyl (C=O) groups excluding carboxylic acids is 2. The van der Waals surface area contributed by atoms with E-state index >= 15 is 0 Å². The summed E-state index contributed by atoms with van der Waals surface area (Å²) in [6.45, 7) is 2.11. The highest BCUT2D eigenvalue weighted by molar-refractivity contribution is 5.79. The van der Waals surface area contributed by atoms with E-state index in [4.69, 9.17) is 0 Å². The molecule has 0 heterocycles. The summed E-state index contributed by atoms with van der Waals surface area (Å²) in [4.78, 5) is 21.5. The van der Waals surface area contributed by atoms with Crippen molar-refractivity contribution in [3.05, 3.63) is 23.8 Å². The molecule has 1 unspecified atom stereocenters. The second-order valence-electron chi connectivity index (χ2n) is 3.81. The summed E-state index contributed by atoms with van der Waals surface area (Å²) < 4.78 is 0. The van der Waals surface area contributed by atoms with Gasteiger partial charge in [-0.25, -0.2) is 0 Å². The molecule has 14 heavy (non-hydrogen) atoms. The maximum absolute atomic E-state index is 11.0. The highest BCUT2D eigenvalue weighted by atomic mass is 16.1. The Balaban J connectivity index is 2.67. The molecule has 76 valence electrons. The minimum absolute atomic E-state index is 0.345. The molecule has 0 aliphatic heterocycles. The van der Waals surface area contributed by atoms with Crippen molar-refractivity contribution in [1.82, 2.24) is 0 Å². The lowest BCUT2D eigenvalue weighted by Gasteiger charge is -2.25. The molecule has 0 aromatic heterocycles. The lowest BCUT2D eigenvalue weighted by molar-refractivity contribution is -0.114. The van der Waals surface area contributed by atoms with Crippen molar-refractivity contribution in [3.63, 3.8) is 0 Å². The van der Waals surface area contributed by atoms with Crippen LogP contribution in [0.15, 0.2) is 23.8 Å². The van der Waals surface area contributed by atoms with Gasteiger partial charge in [0.1, 0.15) is 12.6 Å². The maximum Gasteiger partial charge on any atom is 0.149 e. The number of unbranched alkanes of at least 4 members (excludes halogenated alkanes) is 1. The van der Waals surface area contributed by atoms with Crippen molar-refractivity contribution in [2.24, 2.45) is 5.41 Å². The van der Waals surface area contributed by atoms with Gasteiger partial charge >= 0.3 is 0 Å². The summed E-state index contributed by atoms with van der Waals surface area (Å²) in [5, 5.41) is 0. The van der Waals surface area contributed by atoms with Crippen LogP contribution in [0.1, 0.15) is 32.6 Å². The first-order valence-electron chi connectivity index (χ1n) is 5.07. The topological polar surface area (TPSA) is 34.1 Å². The van der Waals surface area contributed by atoms with Gasteiger partial charge in [0, 0.05) is 11.0 Å². The zero-order valence-electron chi connectivity index (χ0n) is 8.53. The van der Waals surface area contributed by atoms with Gasteiger partial charge in [0.2, 0.25) is 0 Å². The Morgan fingerprint density at radius 1 is 1.50 bits per heavy atom. The van der Waals surface area contributed by atoms with Crippen LogP contribution in [0.5, 0.6) is 0 Å². The number of hydrogen-bond donors (Lipinski definition) is 0. The summed E-state index contributed by atoms with van der Waals surface area (Å²) in [5.74, 6) is 0. The van der Waals surface area contributed by atoms with Crippen LogP contribution >= 0.6 is 0 Å². The Bertz CT molecular complexity index is 276. The molecule has 0 aromatic carbocycles. The highest BCUT2D eigenvalue weighted by Crippen LogP contribution is 2.32.